The van der Waals surface area contributed by atoms with Gasteiger partial charge in [-0.25, -0.2) is 0 Å². The maximum atomic E-state index is 3.67. The van der Waals surface area contributed by atoms with E-state index in [0.717, 1.165) is 23.8 Å². The molecule has 0 aromatic carbocycles. The van der Waals surface area contributed by atoms with Gasteiger partial charge in [0.15, 0.2) is 0 Å². The summed E-state index contributed by atoms with van der Waals surface area (Å²) in [6.07, 6.45) is 11.7. The summed E-state index contributed by atoms with van der Waals surface area (Å²) in [5.41, 5.74) is 0. The first kappa shape index (κ1) is 12.4. The number of nitrogens with one attached hydrogen (secondary N) is 1. The van der Waals surface area contributed by atoms with Gasteiger partial charge in [0.2, 0.25) is 0 Å². The number of rotatable bonds is 6. The van der Waals surface area contributed by atoms with Crippen LogP contribution in [0.2, 0.25) is 0 Å². The molecule has 94 valence electrons. The average molecular weight is 223 g/mol. The van der Waals surface area contributed by atoms with Crippen LogP contribution in [0.4, 0.5) is 0 Å². The molecule has 3 atom stereocenters. The van der Waals surface area contributed by atoms with Gasteiger partial charge in [0.1, 0.15) is 0 Å². The van der Waals surface area contributed by atoms with Crippen molar-refractivity contribution in [2.45, 2.75) is 71.3 Å². The van der Waals surface area contributed by atoms with E-state index in [0.29, 0.717) is 0 Å². The Balaban J connectivity index is 1.62. The van der Waals surface area contributed by atoms with E-state index >= 15 is 0 Å². The zero-order chi connectivity index (χ0) is 11.4. The molecule has 1 N–H and O–H groups in total. The van der Waals surface area contributed by atoms with E-state index in [-0.39, 0.29) is 0 Å². The predicted octanol–water partition coefficient (Wildman–Crippen LogP) is 3.98. The second kappa shape index (κ2) is 6.05. The minimum absolute atomic E-state index is 0.886. The van der Waals surface area contributed by atoms with E-state index in [4.69, 9.17) is 0 Å². The molecule has 0 aromatic rings. The summed E-state index contributed by atoms with van der Waals surface area (Å²) < 4.78 is 0. The van der Waals surface area contributed by atoms with Gasteiger partial charge in [-0.2, -0.15) is 0 Å². The van der Waals surface area contributed by atoms with Crippen molar-refractivity contribution in [3.63, 3.8) is 0 Å². The van der Waals surface area contributed by atoms with E-state index in [1.54, 1.807) is 0 Å². The third-order valence-electron chi connectivity index (χ3n) is 4.54. The molecule has 0 aliphatic heterocycles. The fraction of sp³-hybridized carbons (Fsp3) is 1.00. The Morgan fingerprint density at radius 2 is 1.88 bits per heavy atom. The minimum atomic E-state index is 0.886. The molecule has 2 fully saturated rings. The smallest absolute Gasteiger partial charge is 0.00683 e. The molecule has 1 nitrogen and oxygen atoms in total. The first-order chi connectivity index (χ1) is 7.78. The normalized spacial score (nSPS) is 32.6. The lowest BCUT2D eigenvalue weighted by atomic mass is 9.77. The van der Waals surface area contributed by atoms with Gasteiger partial charge in [-0.1, -0.05) is 39.5 Å². The monoisotopic (exact) mass is 223 g/mol. The first-order valence-corrected chi connectivity index (χ1v) is 7.51. The highest BCUT2D eigenvalue weighted by Gasteiger charge is 2.24. The molecule has 2 rings (SSSR count). The predicted molar refractivity (Wildman–Crippen MR) is 70.5 cm³/mol. The lowest BCUT2D eigenvalue weighted by Crippen LogP contribution is -2.26. The van der Waals surface area contributed by atoms with Crippen LogP contribution in [0.1, 0.15) is 65.2 Å². The molecule has 2 saturated carbocycles. The lowest BCUT2D eigenvalue weighted by molar-refractivity contribution is 0.225. The Morgan fingerprint density at radius 1 is 1.12 bits per heavy atom. The molecule has 0 amide bonds. The zero-order valence-electron chi connectivity index (χ0n) is 11.2. The third kappa shape index (κ3) is 4.08. The molecule has 1 heteroatoms. The van der Waals surface area contributed by atoms with Crippen molar-refractivity contribution in [3.8, 4) is 0 Å². The minimum Gasteiger partial charge on any atom is -0.314 e. The highest BCUT2D eigenvalue weighted by atomic mass is 14.9. The van der Waals surface area contributed by atoms with Gasteiger partial charge in [-0.15, -0.1) is 0 Å². The summed E-state index contributed by atoms with van der Waals surface area (Å²) in [4.78, 5) is 0. The molecule has 16 heavy (non-hydrogen) atoms. The van der Waals surface area contributed by atoms with Gasteiger partial charge in [-0.3, -0.25) is 0 Å². The molecule has 0 bridgehead atoms. The van der Waals surface area contributed by atoms with Crippen LogP contribution in [0.5, 0.6) is 0 Å². The molecule has 0 radical (unpaired) electrons. The van der Waals surface area contributed by atoms with E-state index in [1.165, 1.54) is 57.9 Å². The lowest BCUT2D eigenvalue weighted by Gasteiger charge is -2.30. The summed E-state index contributed by atoms with van der Waals surface area (Å²) in [5, 5.41) is 3.67. The van der Waals surface area contributed by atoms with Crippen molar-refractivity contribution < 1.29 is 0 Å². The van der Waals surface area contributed by atoms with Crippen molar-refractivity contribution in [2.75, 3.05) is 6.54 Å². The molecule has 0 heterocycles. The average Bonchev–Trinajstić information content (AvgIpc) is 3.10. The third-order valence-corrected chi connectivity index (χ3v) is 4.54. The molecule has 2 aliphatic rings. The number of hydrogen-bond donors (Lipinski definition) is 1. The van der Waals surface area contributed by atoms with Gasteiger partial charge in [0, 0.05) is 6.04 Å². The Morgan fingerprint density at radius 3 is 2.56 bits per heavy atom. The van der Waals surface area contributed by atoms with Gasteiger partial charge >= 0.3 is 0 Å². The SMILES string of the molecule is CCC1CCCC(CC(C)CNC2CC2)C1. The van der Waals surface area contributed by atoms with Crippen LogP contribution < -0.4 is 5.32 Å². The quantitative estimate of drug-likeness (QED) is 0.718. The molecule has 3 unspecified atom stereocenters. The van der Waals surface area contributed by atoms with Crippen LogP contribution in [0.25, 0.3) is 0 Å². The highest BCUT2D eigenvalue weighted by molar-refractivity contribution is 4.82. The zero-order valence-corrected chi connectivity index (χ0v) is 11.2. The van der Waals surface area contributed by atoms with Crippen LogP contribution in [-0.2, 0) is 0 Å². The van der Waals surface area contributed by atoms with Gasteiger partial charge in [-0.05, 0) is 50.0 Å². The fourth-order valence-corrected chi connectivity index (χ4v) is 3.29. The molecule has 2 aliphatic carbocycles. The van der Waals surface area contributed by atoms with Crippen molar-refractivity contribution in [1.29, 1.82) is 0 Å². The van der Waals surface area contributed by atoms with Crippen molar-refractivity contribution in [2.24, 2.45) is 17.8 Å². The van der Waals surface area contributed by atoms with Crippen LogP contribution in [0.3, 0.4) is 0 Å². The van der Waals surface area contributed by atoms with Crippen LogP contribution in [0.15, 0.2) is 0 Å². The van der Waals surface area contributed by atoms with Crippen molar-refractivity contribution in [3.05, 3.63) is 0 Å². The molecule has 0 saturated heterocycles. The van der Waals surface area contributed by atoms with E-state index in [9.17, 15) is 0 Å². The molecule has 0 spiro atoms. The summed E-state index contributed by atoms with van der Waals surface area (Å²) in [7, 11) is 0. The topological polar surface area (TPSA) is 12.0 Å². The second-order valence-electron chi connectivity index (χ2n) is 6.33. The Kier molecular flexibility index (Phi) is 4.69. The van der Waals surface area contributed by atoms with E-state index in [2.05, 4.69) is 19.2 Å². The summed E-state index contributed by atoms with van der Waals surface area (Å²) in [6.45, 7) is 6.06. The highest BCUT2D eigenvalue weighted by Crippen LogP contribution is 2.34. The standard InChI is InChI=1S/C15H29N/c1-3-13-5-4-6-14(10-13)9-12(2)11-16-15-7-8-15/h12-16H,3-11H2,1-2H3. The van der Waals surface area contributed by atoms with Gasteiger partial charge in [0.05, 0.1) is 0 Å². The largest absolute Gasteiger partial charge is 0.314 e. The van der Waals surface area contributed by atoms with Crippen LogP contribution >= 0.6 is 0 Å². The molecule has 0 aromatic heterocycles. The molecular weight excluding hydrogens is 194 g/mol. The second-order valence-corrected chi connectivity index (χ2v) is 6.33. The van der Waals surface area contributed by atoms with E-state index < -0.39 is 0 Å². The Hall–Kier alpha value is -0.0400. The van der Waals surface area contributed by atoms with Gasteiger partial charge in [0.25, 0.3) is 0 Å². The Labute approximate surface area is 101 Å². The maximum Gasteiger partial charge on any atom is 0.00683 e. The Bertz CT molecular complexity index is 198. The fourth-order valence-electron chi connectivity index (χ4n) is 3.29. The van der Waals surface area contributed by atoms with Crippen molar-refractivity contribution in [1.82, 2.24) is 5.32 Å². The van der Waals surface area contributed by atoms with Crippen LogP contribution in [0, 0.1) is 17.8 Å². The summed E-state index contributed by atoms with van der Waals surface area (Å²) in [5.74, 6) is 2.97. The first-order valence-electron chi connectivity index (χ1n) is 7.51. The maximum absolute atomic E-state index is 3.67. The number of hydrogen-bond acceptors (Lipinski definition) is 1. The van der Waals surface area contributed by atoms with E-state index in [1.807, 2.05) is 0 Å². The van der Waals surface area contributed by atoms with Gasteiger partial charge < -0.3 is 5.32 Å². The summed E-state index contributed by atoms with van der Waals surface area (Å²) in [6, 6.07) is 0.886. The molecular formula is C15H29N. The van der Waals surface area contributed by atoms with Crippen LogP contribution in [-0.4, -0.2) is 12.6 Å². The summed E-state index contributed by atoms with van der Waals surface area (Å²) >= 11 is 0. The van der Waals surface area contributed by atoms with Crippen molar-refractivity contribution >= 4 is 0 Å².